The molecule has 5 heterocycles. The topological polar surface area (TPSA) is 138 Å². The molecule has 0 unspecified atom stereocenters. The van der Waals surface area contributed by atoms with E-state index in [0.717, 1.165) is 22.4 Å². The number of hydrogen-bond donors (Lipinski definition) is 3. The standard InChI is InChI=1S/C25H25FN8O3/c1-28-19-6-4-13-3-5-14(9-16(13)32-19)36-11-18-22(35)21(26)25(37-18)34-10-15(17-7-8-31-33(17)2)20-23(27)29-12-30-24(20)34/h3-10,12,18,21-22,25,35H,11H2,1-2H3,(H,28,32)(H2,27,29,30)/t18-,21+,22-,25-/m1/s1. The first kappa shape index (κ1) is 23.1. The Labute approximate surface area is 210 Å². The fourth-order valence-corrected chi connectivity index (χ4v) is 4.70. The average molecular weight is 505 g/mol. The highest BCUT2D eigenvalue weighted by molar-refractivity contribution is 6.00. The number of pyridine rings is 1. The molecule has 1 saturated heterocycles. The summed E-state index contributed by atoms with van der Waals surface area (Å²) < 4.78 is 30.5. The number of nitrogens with zero attached hydrogens (tertiary/aromatic N) is 6. The first-order chi connectivity index (χ1) is 17.9. The van der Waals surface area contributed by atoms with Crippen molar-refractivity contribution in [2.24, 2.45) is 7.05 Å². The number of nitrogens with two attached hydrogens (primary N) is 1. The van der Waals surface area contributed by atoms with Crippen molar-refractivity contribution in [2.75, 3.05) is 24.7 Å². The highest BCUT2D eigenvalue weighted by Crippen LogP contribution is 2.39. The minimum atomic E-state index is -1.73. The van der Waals surface area contributed by atoms with Crippen LogP contribution in [0.2, 0.25) is 0 Å². The van der Waals surface area contributed by atoms with Crippen LogP contribution in [0.1, 0.15) is 6.23 Å². The number of hydrogen-bond acceptors (Lipinski definition) is 9. The third-order valence-electron chi connectivity index (χ3n) is 6.64. The summed E-state index contributed by atoms with van der Waals surface area (Å²) in [5.41, 5.74) is 8.76. The van der Waals surface area contributed by atoms with Crippen LogP contribution in [0, 0.1) is 0 Å². The predicted molar refractivity (Wildman–Crippen MR) is 136 cm³/mol. The monoisotopic (exact) mass is 504 g/mol. The van der Waals surface area contributed by atoms with Gasteiger partial charge in [-0.3, -0.25) is 4.68 Å². The van der Waals surface area contributed by atoms with Crippen molar-refractivity contribution in [2.45, 2.75) is 24.6 Å². The molecule has 0 bridgehead atoms. The molecule has 0 amide bonds. The van der Waals surface area contributed by atoms with E-state index in [1.54, 1.807) is 47.9 Å². The van der Waals surface area contributed by atoms with Gasteiger partial charge in [-0.15, -0.1) is 0 Å². The van der Waals surface area contributed by atoms with Gasteiger partial charge in [-0.1, -0.05) is 0 Å². The second-order valence-corrected chi connectivity index (χ2v) is 8.86. The van der Waals surface area contributed by atoms with Gasteiger partial charge in [0.1, 0.15) is 48.2 Å². The number of alkyl halides is 1. The molecule has 190 valence electrons. The number of nitrogen functional groups attached to an aromatic ring is 1. The maximum absolute atomic E-state index is 15.4. The molecule has 0 saturated carbocycles. The molecular formula is C25H25FN8O3. The van der Waals surface area contributed by atoms with Gasteiger partial charge in [0, 0.05) is 43.5 Å². The van der Waals surface area contributed by atoms with Gasteiger partial charge in [-0.25, -0.2) is 19.3 Å². The van der Waals surface area contributed by atoms with Gasteiger partial charge in [-0.05, 0) is 30.3 Å². The Morgan fingerprint density at radius 1 is 1.22 bits per heavy atom. The number of halogens is 1. The number of benzene rings is 1. The normalized spacial score (nSPS) is 21.6. The number of aliphatic hydroxyl groups excluding tert-OH is 1. The van der Waals surface area contributed by atoms with Gasteiger partial charge in [0.05, 0.1) is 16.6 Å². The summed E-state index contributed by atoms with van der Waals surface area (Å²) in [4.78, 5) is 13.0. The van der Waals surface area contributed by atoms with Gasteiger partial charge in [-0.2, -0.15) is 5.10 Å². The average Bonchev–Trinajstić information content (AvgIpc) is 3.58. The molecule has 4 aromatic heterocycles. The zero-order valence-electron chi connectivity index (χ0n) is 20.1. The molecule has 6 rings (SSSR count). The van der Waals surface area contributed by atoms with Crippen LogP contribution < -0.4 is 15.8 Å². The van der Waals surface area contributed by atoms with Crippen molar-refractivity contribution in [3.05, 3.63) is 55.1 Å². The first-order valence-corrected chi connectivity index (χ1v) is 11.7. The van der Waals surface area contributed by atoms with Crippen LogP contribution in [0.15, 0.2) is 55.1 Å². The Hall–Kier alpha value is -4.29. The Balaban J connectivity index is 1.27. The third-order valence-corrected chi connectivity index (χ3v) is 6.64. The molecular weight excluding hydrogens is 479 g/mol. The molecule has 0 radical (unpaired) electrons. The maximum Gasteiger partial charge on any atom is 0.173 e. The highest BCUT2D eigenvalue weighted by atomic mass is 19.1. The van der Waals surface area contributed by atoms with Gasteiger partial charge in [0.2, 0.25) is 0 Å². The van der Waals surface area contributed by atoms with E-state index < -0.39 is 24.6 Å². The summed E-state index contributed by atoms with van der Waals surface area (Å²) in [6.07, 6.45) is -0.515. The molecule has 1 fully saturated rings. The number of aliphatic hydroxyl groups is 1. The second-order valence-electron chi connectivity index (χ2n) is 8.86. The lowest BCUT2D eigenvalue weighted by molar-refractivity contribution is -0.0410. The van der Waals surface area contributed by atoms with Crippen molar-refractivity contribution in [1.29, 1.82) is 0 Å². The Morgan fingerprint density at radius 3 is 2.84 bits per heavy atom. The molecule has 1 aliphatic heterocycles. The van der Waals surface area contributed by atoms with E-state index in [9.17, 15) is 5.11 Å². The predicted octanol–water partition coefficient (Wildman–Crippen LogP) is 2.68. The molecule has 1 aromatic carbocycles. The smallest absolute Gasteiger partial charge is 0.173 e. The van der Waals surface area contributed by atoms with E-state index in [1.807, 2.05) is 24.3 Å². The summed E-state index contributed by atoms with van der Waals surface area (Å²) in [7, 11) is 3.59. The van der Waals surface area contributed by atoms with E-state index >= 15 is 4.39 Å². The third kappa shape index (κ3) is 3.90. The molecule has 4 N–H and O–H groups in total. The maximum atomic E-state index is 15.4. The molecule has 4 atom stereocenters. The summed E-state index contributed by atoms with van der Waals surface area (Å²) in [5.74, 6) is 1.52. The van der Waals surface area contributed by atoms with E-state index in [2.05, 4.69) is 25.4 Å². The van der Waals surface area contributed by atoms with E-state index in [1.165, 1.54) is 6.33 Å². The number of aryl methyl sites for hydroxylation is 1. The van der Waals surface area contributed by atoms with Crippen LogP contribution in [-0.4, -0.2) is 66.4 Å². The van der Waals surface area contributed by atoms with Crippen molar-refractivity contribution in [3.8, 4) is 17.0 Å². The van der Waals surface area contributed by atoms with Gasteiger partial charge in [0.25, 0.3) is 0 Å². The fraction of sp³-hybridized carbons (Fsp3) is 0.280. The molecule has 11 nitrogen and oxygen atoms in total. The Morgan fingerprint density at radius 2 is 2.05 bits per heavy atom. The first-order valence-electron chi connectivity index (χ1n) is 11.7. The zero-order chi connectivity index (χ0) is 25.7. The van der Waals surface area contributed by atoms with Crippen LogP contribution in [0.5, 0.6) is 5.75 Å². The number of ether oxygens (including phenoxy) is 2. The lowest BCUT2D eigenvalue weighted by Gasteiger charge is -2.17. The van der Waals surface area contributed by atoms with Crippen LogP contribution >= 0.6 is 0 Å². The second kappa shape index (κ2) is 8.98. The van der Waals surface area contributed by atoms with Gasteiger partial charge >= 0.3 is 0 Å². The highest BCUT2D eigenvalue weighted by Gasteiger charge is 2.46. The van der Waals surface area contributed by atoms with Crippen LogP contribution in [0.3, 0.4) is 0 Å². The molecule has 12 heteroatoms. The zero-order valence-corrected chi connectivity index (χ0v) is 20.1. The van der Waals surface area contributed by atoms with Crippen molar-refractivity contribution in [3.63, 3.8) is 0 Å². The summed E-state index contributed by atoms with van der Waals surface area (Å²) >= 11 is 0. The molecule has 37 heavy (non-hydrogen) atoms. The van der Waals surface area contributed by atoms with E-state index in [0.29, 0.717) is 22.3 Å². The molecule has 0 aliphatic carbocycles. The Kier molecular flexibility index (Phi) is 5.61. The fourth-order valence-electron chi connectivity index (χ4n) is 4.70. The summed E-state index contributed by atoms with van der Waals surface area (Å²) in [6.45, 7) is -0.0553. The molecule has 1 aliphatic rings. The summed E-state index contributed by atoms with van der Waals surface area (Å²) in [6, 6.07) is 11.1. The van der Waals surface area contributed by atoms with Crippen molar-refractivity contribution >= 4 is 33.6 Å². The number of fused-ring (bicyclic) bond motifs is 2. The lowest BCUT2D eigenvalue weighted by atomic mass is 10.1. The summed E-state index contributed by atoms with van der Waals surface area (Å²) in [5, 5.41) is 19.4. The van der Waals surface area contributed by atoms with Crippen molar-refractivity contribution in [1.82, 2.24) is 29.3 Å². The van der Waals surface area contributed by atoms with Crippen LogP contribution in [0.4, 0.5) is 16.0 Å². The molecule has 5 aromatic rings. The quantitative estimate of drug-likeness (QED) is 0.319. The minimum absolute atomic E-state index is 0.0553. The largest absolute Gasteiger partial charge is 0.491 e. The number of rotatable bonds is 6. The number of anilines is 2. The minimum Gasteiger partial charge on any atom is -0.491 e. The van der Waals surface area contributed by atoms with Gasteiger partial charge in [0.15, 0.2) is 12.4 Å². The van der Waals surface area contributed by atoms with Crippen molar-refractivity contribution < 1.29 is 19.0 Å². The Bertz CT molecular complexity index is 1600. The number of nitrogens with one attached hydrogen (secondary N) is 1. The van der Waals surface area contributed by atoms with E-state index in [4.69, 9.17) is 15.2 Å². The van der Waals surface area contributed by atoms with Crippen LogP contribution in [0.25, 0.3) is 33.2 Å². The number of aromatic nitrogens is 6. The van der Waals surface area contributed by atoms with E-state index in [-0.39, 0.29) is 12.4 Å². The molecule has 0 spiro atoms. The van der Waals surface area contributed by atoms with Gasteiger partial charge < -0.3 is 30.2 Å². The lowest BCUT2D eigenvalue weighted by Crippen LogP contribution is -2.32. The SMILES string of the molecule is CNc1ccc2ccc(OC[C@H]3O[C@@H](n4cc(-c5ccnn5C)c5c(N)ncnc54)[C@@H](F)[C@@H]3O)cc2n1. The van der Waals surface area contributed by atoms with Crippen LogP contribution in [-0.2, 0) is 11.8 Å².